The fourth-order valence-corrected chi connectivity index (χ4v) is 4.16. The lowest BCUT2D eigenvalue weighted by atomic mass is 9.87. The lowest BCUT2D eigenvalue weighted by Crippen LogP contribution is -2.50. The first-order valence-corrected chi connectivity index (χ1v) is 10.8. The molecule has 1 amide bonds. The average Bonchev–Trinajstić information content (AvgIpc) is 3.08. The van der Waals surface area contributed by atoms with Gasteiger partial charge in [-0.25, -0.2) is 19.1 Å². The smallest absolute Gasteiger partial charge is 0.277 e. The van der Waals surface area contributed by atoms with Crippen LogP contribution in [-0.4, -0.2) is 52.5 Å². The highest BCUT2D eigenvalue weighted by molar-refractivity contribution is 6.31. The molecule has 0 aliphatic carbocycles. The van der Waals surface area contributed by atoms with Crippen LogP contribution in [0.1, 0.15) is 23.2 Å². The molecule has 1 fully saturated rings. The first-order chi connectivity index (χ1) is 15.8. The molecule has 11 nitrogen and oxygen atoms in total. The lowest BCUT2D eigenvalue weighted by molar-refractivity contribution is -0.676. The second kappa shape index (κ2) is 9.00. The van der Waals surface area contributed by atoms with Crippen LogP contribution in [0.15, 0.2) is 18.2 Å². The molecule has 1 saturated heterocycles. The van der Waals surface area contributed by atoms with Gasteiger partial charge in [0.05, 0.1) is 38.9 Å². The van der Waals surface area contributed by atoms with Crippen LogP contribution in [0.4, 0.5) is 11.6 Å². The Hall–Kier alpha value is -3.15. The Labute approximate surface area is 195 Å². The number of hydrogen-bond acceptors (Lipinski definition) is 8. The van der Waals surface area contributed by atoms with Crippen LogP contribution >= 0.6 is 11.6 Å². The molecule has 3 aromatic rings. The number of carbonyl (C=O) groups is 1. The minimum Gasteiger partial charge on any atom is -0.497 e. The van der Waals surface area contributed by atoms with Gasteiger partial charge in [0.15, 0.2) is 33.5 Å². The van der Waals surface area contributed by atoms with Crippen molar-refractivity contribution < 1.29 is 23.9 Å². The number of fused-ring (bicyclic) bond motifs is 1. The number of nitrogens with one attached hydrogen (secondary N) is 1. The number of hydrogen-bond donors (Lipinski definition) is 4. The van der Waals surface area contributed by atoms with Gasteiger partial charge in [-0.3, -0.25) is 4.79 Å². The number of amides is 1. The van der Waals surface area contributed by atoms with Gasteiger partial charge in [0.1, 0.15) is 18.8 Å². The van der Waals surface area contributed by atoms with Gasteiger partial charge >= 0.3 is 0 Å². The van der Waals surface area contributed by atoms with E-state index < -0.39 is 5.91 Å². The van der Waals surface area contributed by atoms with Crippen molar-refractivity contribution >= 4 is 40.2 Å². The largest absolute Gasteiger partial charge is 0.497 e. The Morgan fingerprint density at radius 3 is 2.73 bits per heavy atom. The first-order valence-electron chi connectivity index (χ1n) is 10.5. The Kier molecular flexibility index (Phi) is 6.28. The molecule has 1 aromatic carbocycles. The topological polar surface area (TPSA) is 154 Å². The van der Waals surface area contributed by atoms with E-state index in [9.17, 15) is 9.90 Å². The summed E-state index contributed by atoms with van der Waals surface area (Å²) in [7, 11) is 1.61. The summed E-state index contributed by atoms with van der Waals surface area (Å²) in [5, 5.41) is 12.8. The number of nitrogens with zero attached hydrogens (tertiary/aromatic N) is 4. The SMILES string of the molecule is CC[n+]1c(CNC(=O)c2nc(Cl)c(N)nc2N)n(CC2(CO)COC2)c2cc(OC)ccc21. The van der Waals surface area contributed by atoms with Crippen molar-refractivity contribution in [2.75, 3.05) is 38.4 Å². The minimum absolute atomic E-state index is 0.00930. The lowest BCUT2D eigenvalue weighted by Gasteiger charge is -2.38. The van der Waals surface area contributed by atoms with Crippen LogP contribution in [0.3, 0.4) is 0 Å². The number of anilines is 2. The number of aliphatic hydroxyl groups is 1. The predicted octanol–water partition coefficient (Wildman–Crippen LogP) is 0.504. The molecule has 12 heteroatoms. The highest BCUT2D eigenvalue weighted by Gasteiger charge is 2.42. The first kappa shape index (κ1) is 23.0. The molecule has 6 N–H and O–H groups in total. The molecule has 0 spiro atoms. The molecule has 0 unspecified atom stereocenters. The summed E-state index contributed by atoms with van der Waals surface area (Å²) in [4.78, 5) is 20.7. The van der Waals surface area contributed by atoms with E-state index in [0.29, 0.717) is 32.1 Å². The van der Waals surface area contributed by atoms with Gasteiger partial charge in [-0.05, 0) is 19.1 Å². The van der Waals surface area contributed by atoms with Crippen LogP contribution in [0, 0.1) is 5.41 Å². The number of imidazole rings is 1. The third-order valence-electron chi connectivity index (χ3n) is 5.88. The molecule has 0 saturated carbocycles. The number of halogens is 1. The molecule has 0 atom stereocenters. The summed E-state index contributed by atoms with van der Waals surface area (Å²) < 4.78 is 15.0. The van der Waals surface area contributed by atoms with Gasteiger partial charge in [-0.2, -0.15) is 0 Å². The molecule has 1 aliphatic rings. The monoisotopic (exact) mass is 476 g/mol. The Morgan fingerprint density at radius 1 is 1.36 bits per heavy atom. The number of methoxy groups -OCH3 is 1. The van der Waals surface area contributed by atoms with Crippen molar-refractivity contribution in [2.45, 2.75) is 26.6 Å². The number of aromatic nitrogens is 4. The third kappa shape index (κ3) is 4.14. The summed E-state index contributed by atoms with van der Waals surface area (Å²) in [6, 6.07) is 5.81. The fourth-order valence-electron chi connectivity index (χ4n) is 4.03. The molecule has 3 heterocycles. The molecule has 0 bridgehead atoms. The Balaban J connectivity index is 1.73. The third-order valence-corrected chi connectivity index (χ3v) is 6.15. The van der Waals surface area contributed by atoms with Crippen molar-refractivity contribution in [3.8, 4) is 5.75 Å². The maximum Gasteiger partial charge on any atom is 0.277 e. The molecule has 176 valence electrons. The van der Waals surface area contributed by atoms with Gasteiger partial charge in [-0.1, -0.05) is 11.6 Å². The summed E-state index contributed by atoms with van der Waals surface area (Å²) in [5.41, 5.74) is 12.8. The van der Waals surface area contributed by atoms with Crippen LogP contribution in [0.25, 0.3) is 11.0 Å². The molecule has 0 radical (unpaired) electrons. The van der Waals surface area contributed by atoms with Crippen LogP contribution in [0.5, 0.6) is 5.75 Å². The van der Waals surface area contributed by atoms with Crippen LogP contribution < -0.4 is 26.1 Å². The summed E-state index contributed by atoms with van der Waals surface area (Å²) in [5.74, 6) is 0.877. The van der Waals surface area contributed by atoms with Gasteiger partial charge < -0.3 is 31.4 Å². The van der Waals surface area contributed by atoms with Crippen LogP contribution in [0.2, 0.25) is 5.15 Å². The number of ether oxygens (including phenoxy) is 2. The molecule has 4 rings (SSSR count). The molecular formula is C21H27ClN7O4+. The standard InChI is InChI=1S/C21H26ClN7O4/c1-3-28-13-5-4-12(32-2)6-14(13)29(8-21(9-30)10-33-11-21)15(28)7-25-20(31)16-18(23)27-19(24)17(22)26-16/h4-6,30H,3,7-11H2,1-2H3,(H4-,23,24,25,27,31)/p+1. The van der Waals surface area contributed by atoms with Crippen molar-refractivity contribution in [1.82, 2.24) is 19.9 Å². The van der Waals surface area contributed by atoms with E-state index in [2.05, 4.69) is 24.4 Å². The maximum atomic E-state index is 12.8. The van der Waals surface area contributed by atoms with Gasteiger partial charge in [0, 0.05) is 6.07 Å². The average molecular weight is 477 g/mol. The second-order valence-electron chi connectivity index (χ2n) is 8.07. The van der Waals surface area contributed by atoms with Gasteiger partial charge in [0.25, 0.3) is 11.7 Å². The van der Waals surface area contributed by atoms with E-state index in [1.165, 1.54) is 0 Å². The number of nitrogen functional groups attached to an aromatic ring is 2. The van der Waals surface area contributed by atoms with Crippen molar-refractivity contribution in [3.63, 3.8) is 0 Å². The zero-order valence-corrected chi connectivity index (χ0v) is 19.2. The van der Waals surface area contributed by atoms with E-state index in [1.54, 1.807) is 7.11 Å². The quantitative estimate of drug-likeness (QED) is 0.343. The van der Waals surface area contributed by atoms with E-state index in [4.69, 9.17) is 32.5 Å². The van der Waals surface area contributed by atoms with Crippen molar-refractivity contribution in [3.05, 3.63) is 34.9 Å². The van der Waals surface area contributed by atoms with E-state index in [0.717, 1.165) is 16.9 Å². The van der Waals surface area contributed by atoms with Crippen molar-refractivity contribution in [1.29, 1.82) is 0 Å². The van der Waals surface area contributed by atoms with Crippen LogP contribution in [-0.2, 0) is 24.4 Å². The van der Waals surface area contributed by atoms with Crippen molar-refractivity contribution in [2.24, 2.45) is 5.41 Å². The summed E-state index contributed by atoms with van der Waals surface area (Å²) >= 11 is 5.92. The van der Waals surface area contributed by atoms with Gasteiger partial charge in [0.2, 0.25) is 0 Å². The summed E-state index contributed by atoms with van der Waals surface area (Å²) in [6.07, 6.45) is 0. The number of nitrogens with two attached hydrogens (primary N) is 2. The number of carbonyl (C=O) groups excluding carboxylic acids is 1. The van der Waals surface area contributed by atoms with Gasteiger partial charge in [-0.15, -0.1) is 0 Å². The highest BCUT2D eigenvalue weighted by Crippen LogP contribution is 2.32. The number of rotatable bonds is 8. The zero-order chi connectivity index (χ0) is 23.8. The Bertz CT molecular complexity index is 1200. The molecule has 33 heavy (non-hydrogen) atoms. The number of aryl methyl sites for hydroxylation is 1. The zero-order valence-electron chi connectivity index (χ0n) is 18.5. The second-order valence-corrected chi connectivity index (χ2v) is 8.43. The summed E-state index contributed by atoms with van der Waals surface area (Å²) in [6.45, 7) is 4.29. The van der Waals surface area contributed by atoms with E-state index in [-0.39, 0.29) is 41.0 Å². The minimum atomic E-state index is -0.525. The molecule has 2 aromatic heterocycles. The highest BCUT2D eigenvalue weighted by atomic mass is 35.5. The maximum absolute atomic E-state index is 12.8. The normalized spacial score (nSPS) is 14.8. The van der Waals surface area contributed by atoms with E-state index in [1.807, 2.05) is 25.1 Å². The number of aliphatic hydroxyl groups excluding tert-OH is 1. The molecule has 1 aliphatic heterocycles. The molecular weight excluding hydrogens is 450 g/mol. The Morgan fingerprint density at radius 2 is 2.12 bits per heavy atom. The number of benzene rings is 1. The fraction of sp³-hybridized carbons (Fsp3) is 0.429. The predicted molar refractivity (Wildman–Crippen MR) is 122 cm³/mol. The van der Waals surface area contributed by atoms with E-state index >= 15 is 0 Å².